The summed E-state index contributed by atoms with van der Waals surface area (Å²) in [6.07, 6.45) is -1.57. The Hall–Kier alpha value is -4.47. The van der Waals surface area contributed by atoms with Crippen LogP contribution < -0.4 is 15.4 Å². The van der Waals surface area contributed by atoms with Crippen LogP contribution in [-0.2, 0) is 4.79 Å². The van der Waals surface area contributed by atoms with Crippen LogP contribution in [0.3, 0.4) is 0 Å². The summed E-state index contributed by atoms with van der Waals surface area (Å²) in [6.45, 7) is 1.91. The molecule has 0 fully saturated rings. The van der Waals surface area contributed by atoms with Crippen LogP contribution in [0.25, 0.3) is 10.9 Å². The minimum Gasteiger partial charge on any atom is -0.406 e. The smallest absolute Gasteiger partial charge is 0.406 e. The molecule has 4 aromatic rings. The summed E-state index contributed by atoms with van der Waals surface area (Å²) in [7, 11) is 0. The van der Waals surface area contributed by atoms with Gasteiger partial charge in [0.1, 0.15) is 17.9 Å². The number of halogens is 3. The Kier molecular flexibility index (Phi) is 6.63. The van der Waals surface area contributed by atoms with Crippen molar-refractivity contribution in [2.24, 2.45) is 0 Å². The first-order chi connectivity index (χ1) is 16.7. The number of amides is 1. The first-order valence-electron chi connectivity index (χ1n) is 10.4. The minimum atomic E-state index is -4.80. The number of carbonyl (C=O) groups excluding carboxylic acids is 2. The van der Waals surface area contributed by atoms with Crippen molar-refractivity contribution in [2.75, 3.05) is 10.6 Å². The largest absolute Gasteiger partial charge is 0.573 e. The van der Waals surface area contributed by atoms with Crippen molar-refractivity contribution < 1.29 is 27.5 Å². The van der Waals surface area contributed by atoms with Gasteiger partial charge >= 0.3 is 6.36 Å². The molecule has 0 bridgehead atoms. The Morgan fingerprint density at radius 2 is 1.77 bits per heavy atom. The van der Waals surface area contributed by atoms with Gasteiger partial charge in [-0.25, -0.2) is 9.97 Å². The second-order valence-electron chi connectivity index (χ2n) is 7.54. The first kappa shape index (κ1) is 23.7. The average molecular weight is 479 g/mol. The fourth-order valence-electron chi connectivity index (χ4n) is 3.47. The summed E-state index contributed by atoms with van der Waals surface area (Å²) in [5, 5.41) is 6.69. The van der Waals surface area contributed by atoms with Gasteiger partial charge in [-0.05, 0) is 61.0 Å². The summed E-state index contributed by atoms with van der Waals surface area (Å²) in [4.78, 5) is 32.2. The van der Waals surface area contributed by atoms with Crippen LogP contribution in [0.2, 0.25) is 0 Å². The molecule has 35 heavy (non-hydrogen) atoms. The molecule has 0 aliphatic heterocycles. The second kappa shape index (κ2) is 9.80. The number of aromatic nitrogens is 2. The number of rotatable bonds is 7. The van der Waals surface area contributed by atoms with E-state index in [9.17, 15) is 22.8 Å². The summed E-state index contributed by atoms with van der Waals surface area (Å²) < 4.78 is 40.8. The van der Waals surface area contributed by atoms with E-state index in [0.29, 0.717) is 28.0 Å². The zero-order chi connectivity index (χ0) is 25.0. The van der Waals surface area contributed by atoms with Gasteiger partial charge in [-0.2, -0.15) is 0 Å². The molecule has 4 rings (SSSR count). The molecule has 0 aliphatic rings. The highest BCUT2D eigenvalue weighted by Crippen LogP contribution is 2.27. The molecule has 1 heterocycles. The third-order valence-corrected chi connectivity index (χ3v) is 5.12. The van der Waals surface area contributed by atoms with Gasteiger partial charge in [-0.3, -0.25) is 9.59 Å². The number of benzene rings is 3. The third kappa shape index (κ3) is 5.72. The van der Waals surface area contributed by atoms with Crippen molar-refractivity contribution in [1.29, 1.82) is 0 Å². The third-order valence-electron chi connectivity index (χ3n) is 5.12. The predicted molar refractivity (Wildman–Crippen MR) is 124 cm³/mol. The van der Waals surface area contributed by atoms with E-state index in [1.807, 2.05) is 19.3 Å². The van der Waals surface area contributed by atoms with E-state index in [1.54, 1.807) is 36.4 Å². The Balaban J connectivity index is 1.48. The van der Waals surface area contributed by atoms with Crippen molar-refractivity contribution in [3.8, 4) is 5.75 Å². The van der Waals surface area contributed by atoms with Gasteiger partial charge in [0.2, 0.25) is 6.29 Å². The molecule has 2 N–H and O–H groups in total. The maximum Gasteiger partial charge on any atom is 0.573 e. The van der Waals surface area contributed by atoms with Crippen LogP contribution in [0.4, 0.5) is 24.7 Å². The molecule has 177 valence electrons. The predicted octanol–water partition coefficient (Wildman–Crippen LogP) is 5.41. The Morgan fingerprint density at radius 1 is 1.03 bits per heavy atom. The van der Waals surface area contributed by atoms with Crippen molar-refractivity contribution in [3.63, 3.8) is 0 Å². The van der Waals surface area contributed by atoms with E-state index in [2.05, 4.69) is 25.3 Å². The van der Waals surface area contributed by atoms with Crippen LogP contribution >= 0.6 is 0 Å². The quantitative estimate of drug-likeness (QED) is 0.368. The van der Waals surface area contributed by atoms with E-state index in [4.69, 9.17) is 0 Å². The summed E-state index contributed by atoms with van der Waals surface area (Å²) in [6, 6.07) is 16.6. The highest BCUT2D eigenvalue weighted by molar-refractivity contribution is 6.04. The Labute approximate surface area is 198 Å². The number of fused-ring (bicyclic) bond motifs is 1. The topological polar surface area (TPSA) is 93.2 Å². The number of hydrogen-bond acceptors (Lipinski definition) is 6. The van der Waals surface area contributed by atoms with Crippen molar-refractivity contribution >= 4 is 34.6 Å². The zero-order valence-corrected chi connectivity index (χ0v) is 18.3. The highest BCUT2D eigenvalue weighted by atomic mass is 19.4. The standard InChI is InChI=1S/C25H18F3N4O3/c1-15(31-23-21-7-3-5-18(13-33)22(21)29-14-30-23)17-4-2-6-19(12-17)32-24(34)16-8-10-20(11-9-16)35-25(26,27)28/h2-12,14-15H,1H3,(H,32,34)(H,29,30,31). The lowest BCUT2D eigenvalue weighted by molar-refractivity contribution is -0.274. The lowest BCUT2D eigenvalue weighted by Gasteiger charge is -2.17. The van der Waals surface area contributed by atoms with Gasteiger partial charge in [0.25, 0.3) is 5.91 Å². The van der Waals surface area contributed by atoms with E-state index >= 15 is 0 Å². The number of anilines is 2. The molecule has 3 aromatic carbocycles. The molecule has 1 unspecified atom stereocenters. The lowest BCUT2D eigenvalue weighted by Crippen LogP contribution is -2.17. The van der Waals surface area contributed by atoms with Crippen LogP contribution in [0.15, 0.2) is 73.1 Å². The molecule has 1 radical (unpaired) electrons. The SMILES string of the molecule is CC(Nc1ncnc2c([C]=O)cccc12)c1cccc(NC(=O)c2ccc(OC(F)(F)F)cc2)c1. The Morgan fingerprint density at radius 3 is 2.49 bits per heavy atom. The first-order valence-corrected chi connectivity index (χ1v) is 10.4. The van der Waals surface area contributed by atoms with E-state index in [0.717, 1.165) is 17.7 Å². The molecule has 0 saturated carbocycles. The molecule has 0 spiro atoms. The number of nitrogens with one attached hydrogen (secondary N) is 2. The van der Waals surface area contributed by atoms with Gasteiger partial charge < -0.3 is 15.4 Å². The van der Waals surface area contributed by atoms with Crippen LogP contribution in [-0.4, -0.2) is 28.5 Å². The number of alkyl halides is 3. The van der Waals surface area contributed by atoms with E-state index in [1.165, 1.54) is 18.5 Å². The van der Waals surface area contributed by atoms with Gasteiger partial charge in [-0.15, -0.1) is 13.2 Å². The maximum absolute atomic E-state index is 12.6. The van der Waals surface area contributed by atoms with Crippen LogP contribution in [0.5, 0.6) is 5.75 Å². The molecular formula is C25H18F3N4O3. The lowest BCUT2D eigenvalue weighted by atomic mass is 10.1. The molecular weight excluding hydrogens is 461 g/mol. The van der Waals surface area contributed by atoms with Gasteiger partial charge in [-0.1, -0.05) is 18.2 Å². The van der Waals surface area contributed by atoms with Crippen molar-refractivity contribution in [3.05, 3.63) is 89.7 Å². The fraction of sp³-hybridized carbons (Fsp3) is 0.120. The number of nitrogens with zero attached hydrogens (tertiary/aromatic N) is 2. The van der Waals surface area contributed by atoms with E-state index < -0.39 is 18.0 Å². The summed E-state index contributed by atoms with van der Waals surface area (Å²) >= 11 is 0. The van der Waals surface area contributed by atoms with Gasteiger partial charge in [0.15, 0.2) is 0 Å². The van der Waals surface area contributed by atoms with Crippen molar-refractivity contribution in [1.82, 2.24) is 9.97 Å². The normalized spacial score (nSPS) is 12.1. The molecule has 10 heteroatoms. The average Bonchev–Trinajstić information content (AvgIpc) is 2.83. The summed E-state index contributed by atoms with van der Waals surface area (Å²) in [5.41, 5.74) is 2.33. The molecule has 1 amide bonds. The Bertz CT molecular complexity index is 1370. The van der Waals surface area contributed by atoms with Crippen LogP contribution in [0, 0.1) is 0 Å². The van der Waals surface area contributed by atoms with Gasteiger partial charge in [0, 0.05) is 16.6 Å². The summed E-state index contributed by atoms with van der Waals surface area (Å²) in [5.74, 6) is -0.359. The molecule has 7 nitrogen and oxygen atoms in total. The molecule has 1 atom stereocenters. The minimum absolute atomic E-state index is 0.173. The molecule has 0 aliphatic carbocycles. The highest BCUT2D eigenvalue weighted by Gasteiger charge is 2.31. The zero-order valence-electron chi connectivity index (χ0n) is 18.3. The van der Waals surface area contributed by atoms with Crippen molar-refractivity contribution in [2.45, 2.75) is 19.3 Å². The van der Waals surface area contributed by atoms with Crippen LogP contribution in [0.1, 0.15) is 34.5 Å². The monoisotopic (exact) mass is 479 g/mol. The number of ether oxygens (including phenoxy) is 1. The number of para-hydroxylation sites is 1. The number of hydrogen-bond donors (Lipinski definition) is 2. The maximum atomic E-state index is 12.6. The molecule has 0 saturated heterocycles. The molecule has 1 aromatic heterocycles. The fourth-order valence-corrected chi connectivity index (χ4v) is 3.47. The number of carbonyl (C=O) groups is 1. The van der Waals surface area contributed by atoms with E-state index in [-0.39, 0.29) is 11.6 Å². The second-order valence-corrected chi connectivity index (χ2v) is 7.54. The van der Waals surface area contributed by atoms with Gasteiger partial charge in [0.05, 0.1) is 17.1 Å².